The SMILES string of the molecule is CC(C)c1cc(C(=O)N2CC[C@](Cc3cccc(-c4cccs4)c3)(C(N)=O)C2)on1. The molecule has 1 fully saturated rings. The minimum atomic E-state index is -0.787. The minimum Gasteiger partial charge on any atom is -0.369 e. The third-order valence-electron chi connectivity index (χ3n) is 5.77. The van der Waals surface area contributed by atoms with Gasteiger partial charge in [-0.05, 0) is 41.3 Å². The van der Waals surface area contributed by atoms with E-state index in [1.54, 1.807) is 22.3 Å². The van der Waals surface area contributed by atoms with E-state index in [0.29, 0.717) is 19.4 Å². The fourth-order valence-electron chi connectivity index (χ4n) is 3.96. The Morgan fingerprint density at radius 2 is 2.10 bits per heavy atom. The van der Waals surface area contributed by atoms with Gasteiger partial charge < -0.3 is 15.2 Å². The maximum Gasteiger partial charge on any atom is 0.292 e. The van der Waals surface area contributed by atoms with Gasteiger partial charge in [0.1, 0.15) is 0 Å². The quantitative estimate of drug-likeness (QED) is 0.647. The fraction of sp³-hybridized carbons (Fsp3) is 0.348. The van der Waals surface area contributed by atoms with Crippen molar-refractivity contribution in [2.45, 2.75) is 32.6 Å². The van der Waals surface area contributed by atoms with E-state index < -0.39 is 5.41 Å². The Kier molecular flexibility index (Phi) is 5.47. The molecule has 0 spiro atoms. The lowest BCUT2D eigenvalue weighted by atomic mass is 9.80. The van der Waals surface area contributed by atoms with Crippen molar-refractivity contribution in [1.82, 2.24) is 10.1 Å². The third-order valence-corrected chi connectivity index (χ3v) is 6.69. The van der Waals surface area contributed by atoms with E-state index in [4.69, 9.17) is 10.3 Å². The summed E-state index contributed by atoms with van der Waals surface area (Å²) in [7, 11) is 0. The largest absolute Gasteiger partial charge is 0.369 e. The number of aromatic nitrogens is 1. The number of carbonyl (C=O) groups is 2. The summed E-state index contributed by atoms with van der Waals surface area (Å²) in [5.41, 5.74) is 7.96. The summed E-state index contributed by atoms with van der Waals surface area (Å²) in [6, 6.07) is 14.0. The Labute approximate surface area is 179 Å². The highest BCUT2D eigenvalue weighted by Gasteiger charge is 2.45. The van der Waals surface area contributed by atoms with Crippen molar-refractivity contribution in [3.8, 4) is 10.4 Å². The Hall–Kier alpha value is -2.93. The van der Waals surface area contributed by atoms with Crippen LogP contribution in [-0.4, -0.2) is 35.0 Å². The summed E-state index contributed by atoms with van der Waals surface area (Å²) in [5, 5.41) is 6.01. The van der Waals surface area contributed by atoms with E-state index in [1.165, 1.54) is 4.88 Å². The standard InChI is InChI=1S/C23H25N3O3S/c1-15(2)18-12-19(29-25-18)21(27)26-9-8-23(14-26,22(24)28)13-16-5-3-6-17(11-16)20-7-4-10-30-20/h3-7,10-12,15H,8-9,13-14H2,1-2H3,(H2,24,28)/t23-/m1/s1. The summed E-state index contributed by atoms with van der Waals surface area (Å²) in [6.07, 6.45) is 1.03. The first-order chi connectivity index (χ1) is 14.4. The zero-order chi connectivity index (χ0) is 21.3. The van der Waals surface area contributed by atoms with Crippen molar-refractivity contribution in [2.75, 3.05) is 13.1 Å². The molecule has 2 aromatic heterocycles. The van der Waals surface area contributed by atoms with Gasteiger partial charge in [-0.2, -0.15) is 0 Å². The highest BCUT2D eigenvalue weighted by molar-refractivity contribution is 7.13. The number of primary amides is 1. The van der Waals surface area contributed by atoms with Crippen LogP contribution in [0.3, 0.4) is 0 Å². The van der Waals surface area contributed by atoms with E-state index in [1.807, 2.05) is 37.4 Å². The average molecular weight is 424 g/mol. The van der Waals surface area contributed by atoms with E-state index >= 15 is 0 Å². The number of carbonyl (C=O) groups excluding carboxylic acids is 2. The van der Waals surface area contributed by atoms with E-state index in [0.717, 1.165) is 16.8 Å². The number of thiophene rings is 1. The average Bonchev–Trinajstić information content (AvgIpc) is 3.48. The van der Waals surface area contributed by atoms with Crippen LogP contribution >= 0.6 is 11.3 Å². The second kappa shape index (κ2) is 8.07. The molecule has 1 aliphatic heterocycles. The van der Waals surface area contributed by atoms with Crippen LogP contribution in [0, 0.1) is 5.41 Å². The number of hydrogen-bond donors (Lipinski definition) is 1. The molecule has 1 aromatic carbocycles. The van der Waals surface area contributed by atoms with Crippen LogP contribution in [0.1, 0.15) is 48.0 Å². The Bertz CT molecular complexity index is 1060. The maximum atomic E-state index is 12.9. The van der Waals surface area contributed by atoms with Crippen LogP contribution in [0.25, 0.3) is 10.4 Å². The van der Waals surface area contributed by atoms with Crippen molar-refractivity contribution in [1.29, 1.82) is 0 Å². The van der Waals surface area contributed by atoms with Gasteiger partial charge in [0.15, 0.2) is 0 Å². The van der Waals surface area contributed by atoms with Gasteiger partial charge in [-0.15, -0.1) is 11.3 Å². The van der Waals surface area contributed by atoms with Gasteiger partial charge in [0.05, 0.1) is 11.1 Å². The molecule has 1 aliphatic rings. The van der Waals surface area contributed by atoms with Gasteiger partial charge in [0.2, 0.25) is 11.7 Å². The molecular formula is C23H25N3O3S. The molecular weight excluding hydrogens is 398 g/mol. The van der Waals surface area contributed by atoms with E-state index in [-0.39, 0.29) is 30.0 Å². The minimum absolute atomic E-state index is 0.175. The van der Waals surface area contributed by atoms with Gasteiger partial charge in [0.25, 0.3) is 5.91 Å². The van der Waals surface area contributed by atoms with Crippen molar-refractivity contribution in [3.63, 3.8) is 0 Å². The molecule has 156 valence electrons. The fourth-order valence-corrected chi connectivity index (χ4v) is 4.69. The number of amides is 2. The highest BCUT2D eigenvalue weighted by Crippen LogP contribution is 2.36. The molecule has 1 saturated heterocycles. The van der Waals surface area contributed by atoms with Gasteiger partial charge in [-0.1, -0.05) is 49.3 Å². The second-order valence-corrected chi connectivity index (χ2v) is 9.19. The zero-order valence-electron chi connectivity index (χ0n) is 17.1. The Morgan fingerprint density at radius 1 is 1.27 bits per heavy atom. The first-order valence-corrected chi connectivity index (χ1v) is 10.9. The molecule has 0 unspecified atom stereocenters. The number of hydrogen-bond acceptors (Lipinski definition) is 5. The Morgan fingerprint density at radius 3 is 2.77 bits per heavy atom. The molecule has 0 bridgehead atoms. The van der Waals surface area contributed by atoms with Crippen molar-refractivity contribution in [3.05, 3.63) is 64.9 Å². The van der Waals surface area contributed by atoms with Gasteiger partial charge in [-0.3, -0.25) is 9.59 Å². The number of nitrogens with zero attached hydrogens (tertiary/aromatic N) is 2. The second-order valence-electron chi connectivity index (χ2n) is 8.25. The zero-order valence-corrected chi connectivity index (χ0v) is 17.9. The van der Waals surface area contributed by atoms with E-state index in [2.05, 4.69) is 23.4 Å². The molecule has 1 atom stereocenters. The number of nitrogens with two attached hydrogens (primary N) is 1. The topological polar surface area (TPSA) is 89.4 Å². The van der Waals surface area contributed by atoms with Crippen LogP contribution in [0.15, 0.2) is 52.4 Å². The normalized spacial score (nSPS) is 18.8. The lowest BCUT2D eigenvalue weighted by Crippen LogP contribution is -2.42. The summed E-state index contributed by atoms with van der Waals surface area (Å²) < 4.78 is 5.25. The third kappa shape index (κ3) is 3.89. The summed E-state index contributed by atoms with van der Waals surface area (Å²) >= 11 is 1.68. The predicted molar refractivity (Wildman–Crippen MR) is 116 cm³/mol. The summed E-state index contributed by atoms with van der Waals surface area (Å²) in [6.45, 7) is 4.72. The van der Waals surface area contributed by atoms with Gasteiger partial charge >= 0.3 is 0 Å². The van der Waals surface area contributed by atoms with Gasteiger partial charge in [0, 0.05) is 24.0 Å². The van der Waals surface area contributed by atoms with Crippen molar-refractivity contribution in [2.24, 2.45) is 11.1 Å². The Balaban J connectivity index is 1.53. The highest BCUT2D eigenvalue weighted by atomic mass is 32.1. The molecule has 0 saturated carbocycles. The monoisotopic (exact) mass is 423 g/mol. The molecule has 7 heteroatoms. The van der Waals surface area contributed by atoms with Gasteiger partial charge in [-0.25, -0.2) is 0 Å². The lowest BCUT2D eigenvalue weighted by Gasteiger charge is -2.26. The molecule has 6 nitrogen and oxygen atoms in total. The first kappa shape index (κ1) is 20.3. The van der Waals surface area contributed by atoms with E-state index in [9.17, 15) is 9.59 Å². The molecule has 3 heterocycles. The lowest BCUT2D eigenvalue weighted by molar-refractivity contribution is -0.126. The molecule has 2 amide bonds. The molecule has 2 N–H and O–H groups in total. The van der Waals surface area contributed by atoms with Crippen molar-refractivity contribution < 1.29 is 14.1 Å². The van der Waals surface area contributed by atoms with Crippen LogP contribution < -0.4 is 5.73 Å². The smallest absolute Gasteiger partial charge is 0.292 e. The van der Waals surface area contributed by atoms with Crippen LogP contribution in [-0.2, 0) is 11.2 Å². The van der Waals surface area contributed by atoms with Crippen molar-refractivity contribution >= 4 is 23.2 Å². The number of likely N-dealkylation sites (tertiary alicyclic amines) is 1. The molecule has 0 aliphatic carbocycles. The molecule has 0 radical (unpaired) electrons. The molecule has 3 aromatic rings. The van der Waals surface area contributed by atoms with Crippen LogP contribution in [0.5, 0.6) is 0 Å². The number of rotatable bonds is 6. The van der Waals surface area contributed by atoms with Crippen LogP contribution in [0.2, 0.25) is 0 Å². The maximum absolute atomic E-state index is 12.9. The first-order valence-electron chi connectivity index (χ1n) is 10.1. The molecule has 30 heavy (non-hydrogen) atoms. The van der Waals surface area contributed by atoms with Crippen LogP contribution in [0.4, 0.5) is 0 Å². The summed E-state index contributed by atoms with van der Waals surface area (Å²) in [5.74, 6) is -0.238. The summed E-state index contributed by atoms with van der Waals surface area (Å²) in [4.78, 5) is 28.2. The predicted octanol–water partition coefficient (Wildman–Crippen LogP) is 4.09. The number of benzene rings is 1. The molecule has 4 rings (SSSR count).